The Morgan fingerprint density at radius 1 is 1.10 bits per heavy atom. The van der Waals surface area contributed by atoms with Gasteiger partial charge in [-0.25, -0.2) is 0 Å². The number of hydrogen-bond acceptors (Lipinski definition) is 2. The molecule has 1 aliphatic rings. The van der Waals surface area contributed by atoms with Crippen LogP contribution in [0, 0.1) is 6.92 Å². The molecule has 0 aliphatic carbocycles. The monoisotopic (exact) mass is 280 g/mol. The van der Waals surface area contributed by atoms with Gasteiger partial charge in [-0.15, -0.1) is 0 Å². The molecule has 2 nitrogen and oxygen atoms in total. The first-order valence-electron chi connectivity index (χ1n) is 7.89. The molecule has 1 saturated heterocycles. The van der Waals surface area contributed by atoms with Crippen LogP contribution in [-0.2, 0) is 0 Å². The lowest BCUT2D eigenvalue weighted by molar-refractivity contribution is 0.348. The lowest BCUT2D eigenvalue weighted by Crippen LogP contribution is -2.26. The Kier molecular flexibility index (Phi) is 4.56. The number of likely N-dealkylation sites (tertiary alicyclic amines) is 1. The first-order valence-corrected chi connectivity index (χ1v) is 7.89. The molecule has 1 atom stereocenters. The highest BCUT2D eigenvalue weighted by molar-refractivity contribution is 5.45. The van der Waals surface area contributed by atoms with E-state index < -0.39 is 0 Å². The fourth-order valence-corrected chi connectivity index (χ4v) is 3.15. The van der Waals surface area contributed by atoms with Crippen LogP contribution >= 0.6 is 0 Å². The molecule has 0 amide bonds. The van der Waals surface area contributed by atoms with Gasteiger partial charge in [-0.1, -0.05) is 42.5 Å². The van der Waals surface area contributed by atoms with Crippen LogP contribution in [0.1, 0.15) is 23.5 Å². The Hall–Kier alpha value is -1.80. The van der Waals surface area contributed by atoms with Crippen molar-refractivity contribution in [2.24, 2.45) is 0 Å². The molecule has 1 unspecified atom stereocenters. The fourth-order valence-electron chi connectivity index (χ4n) is 3.15. The lowest BCUT2D eigenvalue weighted by atomic mass is 9.99. The summed E-state index contributed by atoms with van der Waals surface area (Å²) in [7, 11) is 0. The largest absolute Gasteiger partial charge is 0.384 e. The maximum atomic E-state index is 3.53. The van der Waals surface area contributed by atoms with E-state index in [-0.39, 0.29) is 0 Å². The van der Waals surface area contributed by atoms with Gasteiger partial charge in [-0.05, 0) is 49.1 Å². The van der Waals surface area contributed by atoms with Crippen LogP contribution in [0.5, 0.6) is 0 Å². The molecule has 1 heterocycles. The van der Waals surface area contributed by atoms with Crippen molar-refractivity contribution < 1.29 is 0 Å². The van der Waals surface area contributed by atoms with Gasteiger partial charge in [-0.2, -0.15) is 0 Å². The second-order valence-corrected chi connectivity index (χ2v) is 5.99. The van der Waals surface area contributed by atoms with Crippen LogP contribution in [0.3, 0.4) is 0 Å². The van der Waals surface area contributed by atoms with Crippen LogP contribution in [-0.4, -0.2) is 31.1 Å². The number of rotatable bonds is 5. The summed E-state index contributed by atoms with van der Waals surface area (Å²) in [6.45, 7) is 6.69. The van der Waals surface area contributed by atoms with Gasteiger partial charge in [0.05, 0.1) is 0 Å². The van der Waals surface area contributed by atoms with Gasteiger partial charge in [0.25, 0.3) is 0 Å². The SMILES string of the molecule is Cc1cccc(NCCN2CCC(c3ccccc3)C2)c1. The second kappa shape index (κ2) is 6.77. The van der Waals surface area contributed by atoms with Crippen molar-refractivity contribution in [1.29, 1.82) is 0 Å². The van der Waals surface area contributed by atoms with Crippen LogP contribution in [0.4, 0.5) is 5.69 Å². The topological polar surface area (TPSA) is 15.3 Å². The van der Waals surface area contributed by atoms with Crippen LogP contribution in [0.2, 0.25) is 0 Å². The van der Waals surface area contributed by atoms with Gasteiger partial charge in [-0.3, -0.25) is 0 Å². The molecule has 1 N–H and O–H groups in total. The maximum absolute atomic E-state index is 3.53. The molecular formula is C19H24N2. The molecule has 0 bridgehead atoms. The van der Waals surface area contributed by atoms with E-state index >= 15 is 0 Å². The maximum Gasteiger partial charge on any atom is 0.0343 e. The third kappa shape index (κ3) is 3.85. The minimum atomic E-state index is 0.713. The van der Waals surface area contributed by atoms with E-state index in [0.29, 0.717) is 5.92 Å². The molecule has 2 heteroatoms. The van der Waals surface area contributed by atoms with Crippen molar-refractivity contribution in [2.75, 3.05) is 31.5 Å². The minimum Gasteiger partial charge on any atom is -0.384 e. The Morgan fingerprint density at radius 2 is 1.95 bits per heavy atom. The van der Waals surface area contributed by atoms with E-state index in [9.17, 15) is 0 Å². The van der Waals surface area contributed by atoms with E-state index in [0.717, 1.165) is 13.1 Å². The zero-order chi connectivity index (χ0) is 14.5. The number of anilines is 1. The molecule has 1 fully saturated rings. The van der Waals surface area contributed by atoms with Crippen molar-refractivity contribution in [3.63, 3.8) is 0 Å². The van der Waals surface area contributed by atoms with E-state index in [1.165, 1.54) is 36.3 Å². The summed E-state index contributed by atoms with van der Waals surface area (Å²) in [4.78, 5) is 2.57. The normalized spacial score (nSPS) is 18.8. The summed E-state index contributed by atoms with van der Waals surface area (Å²) in [5, 5.41) is 3.53. The smallest absolute Gasteiger partial charge is 0.0343 e. The fraction of sp³-hybridized carbons (Fsp3) is 0.368. The van der Waals surface area contributed by atoms with Gasteiger partial charge in [0.15, 0.2) is 0 Å². The molecule has 1 aliphatic heterocycles. The Labute approximate surface area is 127 Å². The highest BCUT2D eigenvalue weighted by atomic mass is 15.2. The molecule has 21 heavy (non-hydrogen) atoms. The van der Waals surface area contributed by atoms with Crippen LogP contribution < -0.4 is 5.32 Å². The number of nitrogens with zero attached hydrogens (tertiary/aromatic N) is 1. The third-order valence-electron chi connectivity index (χ3n) is 4.32. The zero-order valence-corrected chi connectivity index (χ0v) is 12.8. The Bertz CT molecular complexity index is 565. The van der Waals surface area contributed by atoms with Crippen molar-refractivity contribution in [1.82, 2.24) is 4.90 Å². The standard InChI is InChI=1S/C19H24N2/c1-16-6-5-9-19(14-16)20-11-13-21-12-10-18(15-21)17-7-3-2-4-8-17/h2-9,14,18,20H,10-13,15H2,1H3. The van der Waals surface area contributed by atoms with Crippen LogP contribution in [0.15, 0.2) is 54.6 Å². The summed E-state index contributed by atoms with van der Waals surface area (Å²) in [6.07, 6.45) is 1.29. The van der Waals surface area contributed by atoms with Gasteiger partial charge >= 0.3 is 0 Å². The number of nitrogens with one attached hydrogen (secondary N) is 1. The highest BCUT2D eigenvalue weighted by Crippen LogP contribution is 2.26. The summed E-state index contributed by atoms with van der Waals surface area (Å²) in [6, 6.07) is 19.5. The minimum absolute atomic E-state index is 0.713. The molecule has 0 spiro atoms. The van der Waals surface area contributed by atoms with Crippen molar-refractivity contribution in [3.05, 3.63) is 65.7 Å². The molecular weight excluding hydrogens is 256 g/mol. The molecule has 2 aromatic carbocycles. The Balaban J connectivity index is 1.45. The summed E-state index contributed by atoms with van der Waals surface area (Å²) >= 11 is 0. The van der Waals surface area contributed by atoms with E-state index in [1.54, 1.807) is 0 Å². The van der Waals surface area contributed by atoms with Crippen LogP contribution in [0.25, 0.3) is 0 Å². The molecule has 0 aromatic heterocycles. The van der Waals surface area contributed by atoms with E-state index in [4.69, 9.17) is 0 Å². The first-order chi connectivity index (χ1) is 10.3. The lowest BCUT2D eigenvalue weighted by Gasteiger charge is -2.17. The predicted octanol–water partition coefficient (Wildman–Crippen LogP) is 3.90. The quantitative estimate of drug-likeness (QED) is 0.893. The zero-order valence-electron chi connectivity index (χ0n) is 12.8. The van der Waals surface area contributed by atoms with E-state index in [2.05, 4.69) is 71.7 Å². The molecule has 110 valence electrons. The average Bonchev–Trinajstić information content (AvgIpc) is 2.97. The van der Waals surface area contributed by atoms with Crippen molar-refractivity contribution >= 4 is 5.69 Å². The number of benzene rings is 2. The summed E-state index contributed by atoms with van der Waals surface area (Å²) in [5.41, 5.74) is 4.03. The van der Waals surface area contributed by atoms with E-state index in [1.807, 2.05) is 0 Å². The highest BCUT2D eigenvalue weighted by Gasteiger charge is 2.22. The Morgan fingerprint density at radius 3 is 2.76 bits per heavy atom. The van der Waals surface area contributed by atoms with Crippen molar-refractivity contribution in [2.45, 2.75) is 19.3 Å². The summed E-state index contributed by atoms with van der Waals surface area (Å²) in [5.74, 6) is 0.713. The number of hydrogen-bond donors (Lipinski definition) is 1. The van der Waals surface area contributed by atoms with Gasteiger partial charge in [0.2, 0.25) is 0 Å². The average molecular weight is 280 g/mol. The first kappa shape index (κ1) is 14.2. The molecule has 0 saturated carbocycles. The molecule has 3 rings (SSSR count). The predicted molar refractivity (Wildman–Crippen MR) is 89.9 cm³/mol. The van der Waals surface area contributed by atoms with Gasteiger partial charge in [0, 0.05) is 25.3 Å². The third-order valence-corrected chi connectivity index (χ3v) is 4.32. The summed E-state index contributed by atoms with van der Waals surface area (Å²) < 4.78 is 0. The molecule has 2 aromatic rings. The molecule has 0 radical (unpaired) electrons. The second-order valence-electron chi connectivity index (χ2n) is 5.99. The number of aryl methyl sites for hydroxylation is 1. The van der Waals surface area contributed by atoms with Gasteiger partial charge < -0.3 is 10.2 Å². The van der Waals surface area contributed by atoms with Gasteiger partial charge in [0.1, 0.15) is 0 Å². The van der Waals surface area contributed by atoms with Crippen molar-refractivity contribution in [3.8, 4) is 0 Å².